The molecule has 0 bridgehead atoms. The number of carbonyl (C=O) groups is 1. The Hall–Kier alpha value is -2.43. The molecule has 0 heterocycles. The van der Waals surface area contributed by atoms with Crippen molar-refractivity contribution in [2.24, 2.45) is 0 Å². The number of ether oxygens (including phenoxy) is 1. The maximum atomic E-state index is 13.7. The molecule has 0 aromatic heterocycles. The van der Waals surface area contributed by atoms with Gasteiger partial charge in [0.1, 0.15) is 23.1 Å². The lowest BCUT2D eigenvalue weighted by molar-refractivity contribution is 0.102. The van der Waals surface area contributed by atoms with Gasteiger partial charge in [0.05, 0.1) is 7.11 Å². The van der Waals surface area contributed by atoms with Gasteiger partial charge in [-0.25, -0.2) is 8.78 Å². The molecule has 0 atom stereocenters. The summed E-state index contributed by atoms with van der Waals surface area (Å²) >= 11 is 0. The normalized spacial score (nSPS) is 10.7. The van der Waals surface area contributed by atoms with Crippen molar-refractivity contribution in [3.05, 3.63) is 58.7 Å². The zero-order chi connectivity index (χ0) is 17.1. The van der Waals surface area contributed by atoms with Crippen LogP contribution in [0.5, 0.6) is 5.75 Å². The summed E-state index contributed by atoms with van der Waals surface area (Å²) in [7, 11) is 1.56. The van der Waals surface area contributed by atoms with Crippen molar-refractivity contribution in [2.45, 2.75) is 26.7 Å². The summed E-state index contributed by atoms with van der Waals surface area (Å²) in [6.07, 6.45) is 0. The first-order valence-corrected chi connectivity index (χ1v) is 7.29. The number of carbonyl (C=O) groups excluding carboxylic acids is 1. The van der Waals surface area contributed by atoms with Crippen LogP contribution in [0.4, 0.5) is 14.5 Å². The smallest absolute Gasteiger partial charge is 0.256 e. The Bertz CT molecular complexity index is 722. The van der Waals surface area contributed by atoms with Gasteiger partial charge in [-0.3, -0.25) is 4.79 Å². The van der Waals surface area contributed by atoms with Crippen LogP contribution in [0.25, 0.3) is 0 Å². The van der Waals surface area contributed by atoms with Gasteiger partial charge in [-0.15, -0.1) is 0 Å². The Labute approximate surface area is 134 Å². The lowest BCUT2D eigenvalue weighted by Crippen LogP contribution is -2.16. The minimum atomic E-state index is -0.811. The predicted molar refractivity (Wildman–Crippen MR) is 86.1 cm³/mol. The number of benzene rings is 2. The van der Waals surface area contributed by atoms with Gasteiger partial charge < -0.3 is 10.1 Å². The molecule has 0 spiro atoms. The first kappa shape index (κ1) is 16.9. The van der Waals surface area contributed by atoms with E-state index < -0.39 is 23.2 Å². The summed E-state index contributed by atoms with van der Waals surface area (Å²) < 4.78 is 32.7. The van der Waals surface area contributed by atoms with Crippen LogP contribution in [0.1, 0.15) is 41.3 Å². The lowest BCUT2D eigenvalue weighted by atomic mass is 9.96. The minimum Gasteiger partial charge on any atom is -0.496 e. The predicted octanol–water partition coefficient (Wildman–Crippen LogP) is 4.66. The highest BCUT2D eigenvalue weighted by Gasteiger charge is 2.18. The minimum absolute atomic E-state index is 0.141. The van der Waals surface area contributed by atoms with E-state index in [1.54, 1.807) is 26.2 Å². The fourth-order valence-electron chi connectivity index (χ4n) is 2.37. The molecule has 1 amide bonds. The highest BCUT2D eigenvalue weighted by atomic mass is 19.1. The summed E-state index contributed by atoms with van der Waals surface area (Å²) in [5, 5.41) is 2.31. The summed E-state index contributed by atoms with van der Waals surface area (Å²) in [6.45, 7) is 5.70. The number of para-hydroxylation sites is 1. The zero-order valence-corrected chi connectivity index (χ0v) is 13.5. The number of hydrogen-bond acceptors (Lipinski definition) is 2. The van der Waals surface area contributed by atoms with E-state index in [1.165, 1.54) is 6.07 Å². The van der Waals surface area contributed by atoms with E-state index in [-0.39, 0.29) is 5.92 Å². The largest absolute Gasteiger partial charge is 0.496 e. The molecule has 2 rings (SSSR count). The van der Waals surface area contributed by atoms with Crippen molar-refractivity contribution in [2.75, 3.05) is 12.4 Å². The third kappa shape index (κ3) is 3.50. The third-order valence-electron chi connectivity index (χ3n) is 3.64. The summed E-state index contributed by atoms with van der Waals surface area (Å²) in [4.78, 5) is 12.4. The molecule has 0 saturated carbocycles. The number of aryl methyl sites for hydroxylation is 1. The molecular formula is C18H19F2NO2. The van der Waals surface area contributed by atoms with Crippen LogP contribution in [0.2, 0.25) is 0 Å². The monoisotopic (exact) mass is 319 g/mol. The van der Waals surface area contributed by atoms with E-state index >= 15 is 0 Å². The number of rotatable bonds is 4. The topological polar surface area (TPSA) is 38.3 Å². The molecule has 0 fully saturated rings. The second-order valence-electron chi connectivity index (χ2n) is 5.61. The van der Waals surface area contributed by atoms with Crippen LogP contribution in [-0.4, -0.2) is 13.0 Å². The Morgan fingerprint density at radius 1 is 1.17 bits per heavy atom. The van der Waals surface area contributed by atoms with Crippen LogP contribution in [0.3, 0.4) is 0 Å². The quantitative estimate of drug-likeness (QED) is 0.890. The van der Waals surface area contributed by atoms with Crippen LogP contribution >= 0.6 is 0 Å². The number of hydrogen-bond donors (Lipinski definition) is 1. The van der Waals surface area contributed by atoms with Crippen LogP contribution < -0.4 is 10.1 Å². The van der Waals surface area contributed by atoms with Gasteiger partial charge in [0.15, 0.2) is 0 Å². The molecule has 122 valence electrons. The van der Waals surface area contributed by atoms with Gasteiger partial charge in [-0.1, -0.05) is 19.9 Å². The van der Waals surface area contributed by atoms with E-state index in [9.17, 15) is 13.6 Å². The maximum absolute atomic E-state index is 13.7. The van der Waals surface area contributed by atoms with Gasteiger partial charge in [-0.05, 0) is 48.2 Å². The molecule has 2 aromatic rings. The number of amides is 1. The van der Waals surface area contributed by atoms with Crippen molar-refractivity contribution in [1.82, 2.24) is 0 Å². The van der Waals surface area contributed by atoms with Crippen molar-refractivity contribution in [3.8, 4) is 5.75 Å². The molecular weight excluding hydrogens is 300 g/mol. The lowest BCUT2D eigenvalue weighted by Gasteiger charge is -2.16. The highest BCUT2D eigenvalue weighted by Crippen LogP contribution is 2.30. The Morgan fingerprint density at radius 3 is 2.30 bits per heavy atom. The number of nitrogens with one attached hydrogen (secondary N) is 1. The van der Waals surface area contributed by atoms with Gasteiger partial charge in [0.2, 0.25) is 0 Å². The number of anilines is 1. The molecule has 0 aliphatic heterocycles. The van der Waals surface area contributed by atoms with E-state index in [0.29, 0.717) is 16.9 Å². The second-order valence-corrected chi connectivity index (χ2v) is 5.61. The maximum Gasteiger partial charge on any atom is 0.256 e. The molecule has 0 unspecified atom stereocenters. The van der Waals surface area contributed by atoms with Gasteiger partial charge in [0, 0.05) is 5.56 Å². The summed E-state index contributed by atoms with van der Waals surface area (Å²) in [6, 6.07) is 6.89. The number of halogens is 2. The van der Waals surface area contributed by atoms with Crippen LogP contribution in [0, 0.1) is 18.6 Å². The third-order valence-corrected chi connectivity index (χ3v) is 3.64. The molecule has 0 aliphatic carbocycles. The molecule has 1 N–H and O–H groups in total. The van der Waals surface area contributed by atoms with E-state index in [2.05, 4.69) is 5.32 Å². The highest BCUT2D eigenvalue weighted by molar-refractivity contribution is 6.05. The van der Waals surface area contributed by atoms with Crippen molar-refractivity contribution in [1.29, 1.82) is 0 Å². The molecule has 3 nitrogen and oxygen atoms in total. The van der Waals surface area contributed by atoms with Crippen LogP contribution in [0.15, 0.2) is 30.3 Å². The van der Waals surface area contributed by atoms with Crippen molar-refractivity contribution < 1.29 is 18.3 Å². The fourth-order valence-corrected chi connectivity index (χ4v) is 2.37. The molecule has 0 aliphatic rings. The molecule has 0 saturated heterocycles. The van der Waals surface area contributed by atoms with E-state index in [0.717, 1.165) is 17.7 Å². The van der Waals surface area contributed by atoms with Gasteiger partial charge in [0.25, 0.3) is 5.91 Å². The second kappa shape index (κ2) is 6.77. The van der Waals surface area contributed by atoms with Crippen molar-refractivity contribution >= 4 is 11.6 Å². The first-order chi connectivity index (χ1) is 10.8. The standard InChI is InChI=1S/C18H19F2NO2/c1-10(2)12-9-13(11(3)8-16(12)23-4)18(22)21-17-14(19)6-5-7-15(17)20/h5-10H,1-4H3,(H,21,22). The first-order valence-electron chi connectivity index (χ1n) is 7.29. The van der Waals surface area contributed by atoms with E-state index in [1.807, 2.05) is 13.8 Å². The molecule has 2 aromatic carbocycles. The number of methoxy groups -OCH3 is 1. The average Bonchev–Trinajstić information content (AvgIpc) is 2.50. The Morgan fingerprint density at radius 2 is 1.78 bits per heavy atom. The molecule has 23 heavy (non-hydrogen) atoms. The molecule has 0 radical (unpaired) electrons. The zero-order valence-electron chi connectivity index (χ0n) is 13.5. The SMILES string of the molecule is COc1cc(C)c(C(=O)Nc2c(F)cccc2F)cc1C(C)C. The fraction of sp³-hybridized carbons (Fsp3) is 0.278. The summed E-state index contributed by atoms with van der Waals surface area (Å²) in [5.74, 6) is -1.35. The Balaban J connectivity index is 2.42. The Kier molecular flexibility index (Phi) is 4.98. The molecule has 5 heteroatoms. The van der Waals surface area contributed by atoms with Gasteiger partial charge >= 0.3 is 0 Å². The summed E-state index contributed by atoms with van der Waals surface area (Å²) in [5.41, 5.74) is 1.44. The van der Waals surface area contributed by atoms with Crippen molar-refractivity contribution in [3.63, 3.8) is 0 Å². The van der Waals surface area contributed by atoms with Gasteiger partial charge in [-0.2, -0.15) is 0 Å². The van der Waals surface area contributed by atoms with Crippen LogP contribution in [-0.2, 0) is 0 Å². The average molecular weight is 319 g/mol. The van der Waals surface area contributed by atoms with E-state index in [4.69, 9.17) is 4.74 Å².